The summed E-state index contributed by atoms with van der Waals surface area (Å²) in [4.78, 5) is 10.1. The van der Waals surface area contributed by atoms with Crippen LogP contribution in [0.3, 0.4) is 0 Å². The van der Waals surface area contributed by atoms with Gasteiger partial charge in [0, 0.05) is 7.79 Å². The van der Waals surface area contributed by atoms with E-state index in [0.717, 1.165) is 19.3 Å². The second kappa shape index (κ2) is 6.59. The lowest BCUT2D eigenvalue weighted by molar-refractivity contribution is -0.137. The smallest absolute Gasteiger partial charge is 0.303 e. The molecule has 2 nitrogen and oxygen atoms in total. The highest BCUT2D eigenvalue weighted by Gasteiger charge is 1.94. The summed E-state index contributed by atoms with van der Waals surface area (Å²) in [5.74, 6) is -0.793. The Labute approximate surface area is 63.7 Å². The second-order valence-electron chi connectivity index (χ2n) is 2.36. The van der Waals surface area contributed by atoms with Gasteiger partial charge in [-0.25, -0.2) is 0 Å². The van der Waals surface area contributed by atoms with Crippen molar-refractivity contribution in [3.05, 3.63) is 0 Å². The van der Waals surface area contributed by atoms with Gasteiger partial charge in [-0.15, -0.1) is 0 Å². The molecule has 1 N–H and O–H groups in total. The molecule has 10 heavy (non-hydrogen) atoms. The molecule has 0 amide bonds. The lowest BCUT2D eigenvalue weighted by atomic mass is 10.1. The Morgan fingerprint density at radius 1 is 1.50 bits per heavy atom. The van der Waals surface area contributed by atoms with Crippen LogP contribution in [-0.4, -0.2) is 11.1 Å². The van der Waals surface area contributed by atoms with Gasteiger partial charge in [0.15, 0.2) is 0 Å². The summed E-state index contributed by atoms with van der Waals surface area (Å²) in [6.07, 6.45) is 3.42. The zero-order valence-electron chi connectivity index (χ0n) is 7.47. The molecule has 0 aliphatic heterocycles. The van der Waals surface area contributed by atoms with Crippen LogP contribution in [0.15, 0.2) is 0 Å². The van der Waals surface area contributed by atoms with E-state index >= 15 is 0 Å². The molecule has 0 saturated carbocycles. The molecule has 0 bridgehead atoms. The molecule has 0 aliphatic rings. The van der Waals surface area contributed by atoms with Gasteiger partial charge in [-0.3, -0.25) is 4.79 Å². The zero-order chi connectivity index (χ0) is 8.69. The molecule has 2 heteroatoms. The molecule has 0 spiro atoms. The Balaban J connectivity index is 3.22. The third kappa shape index (κ3) is 7.47. The van der Waals surface area contributed by atoms with Gasteiger partial charge in [-0.05, 0) is 6.42 Å². The molecule has 0 radical (unpaired) electrons. The van der Waals surface area contributed by atoms with E-state index in [1.807, 2.05) is 0 Å². The number of hydrogen-bond donors (Lipinski definition) is 1. The molecule has 0 aliphatic carbocycles. The van der Waals surface area contributed by atoms with Gasteiger partial charge in [0.1, 0.15) is 0 Å². The van der Waals surface area contributed by atoms with Crippen LogP contribution in [0.5, 0.6) is 0 Å². The highest BCUT2D eigenvalue weighted by atomic mass is 16.4. The maximum atomic E-state index is 10.1. The fraction of sp³-hybridized carbons (Fsp3) is 0.875. The monoisotopic (exact) mass is 145 g/mol. The second-order valence-corrected chi connectivity index (χ2v) is 2.36. The first-order valence-corrected chi connectivity index (χ1v) is 3.80. The number of carboxylic acids is 1. The van der Waals surface area contributed by atoms with Crippen LogP contribution in [-0.2, 0) is 4.79 Å². The quantitative estimate of drug-likeness (QED) is 0.623. The van der Waals surface area contributed by atoms with Crippen LogP contribution >= 0.6 is 0 Å². The Kier molecular flexibility index (Phi) is 4.99. The summed E-state index contributed by atoms with van der Waals surface area (Å²) in [6.45, 7) is 2.07. The van der Waals surface area contributed by atoms with Gasteiger partial charge >= 0.3 is 5.97 Å². The molecule has 0 heterocycles. The van der Waals surface area contributed by atoms with Crippen molar-refractivity contribution in [3.8, 4) is 0 Å². The van der Waals surface area contributed by atoms with Crippen molar-refractivity contribution < 1.29 is 11.3 Å². The lowest BCUT2D eigenvalue weighted by Gasteiger charge is -1.95. The van der Waals surface area contributed by atoms with Crippen molar-refractivity contribution in [2.24, 2.45) is 0 Å². The minimum atomic E-state index is -0.793. The van der Waals surface area contributed by atoms with E-state index in [9.17, 15) is 4.79 Å². The molecule has 1 unspecified atom stereocenters. The molecule has 1 atom stereocenters. The molecule has 0 fully saturated rings. The van der Waals surface area contributed by atoms with E-state index in [-0.39, 0.29) is 12.8 Å². The minimum Gasteiger partial charge on any atom is -0.481 e. The molecule has 0 aromatic carbocycles. The van der Waals surface area contributed by atoms with Crippen LogP contribution in [0.4, 0.5) is 0 Å². The van der Waals surface area contributed by atoms with Crippen molar-refractivity contribution in [3.63, 3.8) is 0 Å². The molecular weight excluding hydrogens is 128 g/mol. The first-order chi connectivity index (χ1) is 5.16. The third-order valence-corrected chi connectivity index (χ3v) is 1.32. The van der Waals surface area contributed by atoms with Crippen molar-refractivity contribution in [2.75, 3.05) is 0 Å². The van der Waals surface area contributed by atoms with Gasteiger partial charge < -0.3 is 5.11 Å². The van der Waals surface area contributed by atoms with Crippen LogP contribution in [0.2, 0.25) is 0 Å². The highest BCUT2D eigenvalue weighted by Crippen LogP contribution is 2.04. The maximum absolute atomic E-state index is 10.1. The average molecular weight is 145 g/mol. The Bertz CT molecular complexity index is 115. The first-order valence-electron chi connectivity index (χ1n) is 4.38. The van der Waals surface area contributed by atoms with E-state index in [1.165, 1.54) is 0 Å². The maximum Gasteiger partial charge on any atom is 0.303 e. The summed E-state index contributed by atoms with van der Waals surface area (Å²) in [5.41, 5.74) is 0. The summed E-state index contributed by atoms with van der Waals surface area (Å²) in [6, 6.07) is 0. The fourth-order valence-electron chi connectivity index (χ4n) is 0.718. The standard InChI is InChI=1S/C8H16O2/c1-2-3-4-5-6-7-8(9)10/h2-7H2,1H3,(H,9,10)/i5D. The molecule has 0 saturated heterocycles. The Hall–Kier alpha value is -0.530. The molecule has 0 aromatic heterocycles. The van der Waals surface area contributed by atoms with E-state index in [4.69, 9.17) is 6.48 Å². The third-order valence-electron chi connectivity index (χ3n) is 1.32. The van der Waals surface area contributed by atoms with Crippen LogP contribution in [0.1, 0.15) is 46.8 Å². The largest absolute Gasteiger partial charge is 0.481 e. The van der Waals surface area contributed by atoms with Gasteiger partial charge in [0.2, 0.25) is 0 Å². The first kappa shape index (κ1) is 7.58. The minimum absolute atomic E-state index is 0.137. The Morgan fingerprint density at radius 2 is 2.20 bits per heavy atom. The van der Waals surface area contributed by atoms with Crippen LogP contribution in [0.25, 0.3) is 0 Å². The summed E-state index contributed by atoms with van der Waals surface area (Å²) < 4.78 is 7.41. The number of hydrogen-bond acceptors (Lipinski definition) is 1. The molecule has 60 valence electrons. The van der Waals surface area contributed by atoms with E-state index < -0.39 is 5.97 Å². The van der Waals surface area contributed by atoms with Gasteiger partial charge in [0.25, 0.3) is 0 Å². The highest BCUT2D eigenvalue weighted by molar-refractivity contribution is 5.66. The van der Waals surface area contributed by atoms with Crippen molar-refractivity contribution >= 4 is 5.97 Å². The van der Waals surface area contributed by atoms with E-state index in [0.29, 0.717) is 6.42 Å². The normalized spacial score (nSPS) is 14.3. The van der Waals surface area contributed by atoms with Crippen molar-refractivity contribution in [2.45, 2.75) is 45.4 Å². The SMILES string of the molecule is [2H]C(CCCC)CCC(=O)O. The van der Waals surface area contributed by atoms with Gasteiger partial charge in [-0.1, -0.05) is 32.6 Å². The molecule has 0 aromatic rings. The lowest BCUT2D eigenvalue weighted by Crippen LogP contribution is -1.93. The Morgan fingerprint density at radius 3 is 2.70 bits per heavy atom. The predicted octanol–water partition coefficient (Wildman–Crippen LogP) is 2.43. The van der Waals surface area contributed by atoms with Gasteiger partial charge in [-0.2, -0.15) is 0 Å². The topological polar surface area (TPSA) is 37.3 Å². The fourth-order valence-corrected chi connectivity index (χ4v) is 0.718. The van der Waals surface area contributed by atoms with Crippen molar-refractivity contribution in [1.29, 1.82) is 0 Å². The predicted molar refractivity (Wildman–Crippen MR) is 41.0 cm³/mol. The van der Waals surface area contributed by atoms with Crippen LogP contribution in [0, 0.1) is 0 Å². The number of unbranched alkanes of at least 4 members (excludes halogenated alkanes) is 1. The summed E-state index contributed by atoms with van der Waals surface area (Å²) >= 11 is 0. The molecule has 0 rings (SSSR count). The number of carboxylic acid groups (broad SMARTS) is 1. The van der Waals surface area contributed by atoms with Gasteiger partial charge in [0.05, 0.1) is 0 Å². The van der Waals surface area contributed by atoms with E-state index in [2.05, 4.69) is 6.92 Å². The number of rotatable bonds is 6. The number of aliphatic carboxylic acids is 1. The van der Waals surface area contributed by atoms with Crippen LogP contribution < -0.4 is 0 Å². The van der Waals surface area contributed by atoms with E-state index in [1.54, 1.807) is 0 Å². The van der Waals surface area contributed by atoms with Crippen molar-refractivity contribution in [1.82, 2.24) is 0 Å². The molecular formula is C8H16O2. The summed E-state index contributed by atoms with van der Waals surface area (Å²) in [5, 5.41) is 8.30. The number of carbonyl (C=O) groups is 1. The summed E-state index contributed by atoms with van der Waals surface area (Å²) in [7, 11) is 0. The average Bonchev–Trinajstić information content (AvgIpc) is 1.97. The zero-order valence-corrected chi connectivity index (χ0v) is 6.47.